The van der Waals surface area contributed by atoms with Crippen molar-refractivity contribution >= 4 is 5.78 Å². The van der Waals surface area contributed by atoms with E-state index in [9.17, 15) is 13.6 Å². The first-order valence-corrected chi connectivity index (χ1v) is 3.56. The molecule has 0 atom stereocenters. The maximum atomic E-state index is 12.2. The Bertz CT molecular complexity index is 188. The highest BCUT2D eigenvalue weighted by molar-refractivity contribution is 5.87. The summed E-state index contributed by atoms with van der Waals surface area (Å²) in [7, 11) is 0. The molecule has 0 N–H and O–H groups in total. The summed E-state index contributed by atoms with van der Waals surface area (Å²) in [6.45, 7) is 1.41. The number of hydrogen-bond acceptors (Lipinski definition) is 1. The van der Waals surface area contributed by atoms with Crippen LogP contribution in [-0.4, -0.2) is 11.7 Å². The Hall–Kier alpha value is -0.730. The van der Waals surface area contributed by atoms with Crippen LogP contribution in [0.25, 0.3) is 0 Å². The minimum atomic E-state index is -2.48. The van der Waals surface area contributed by atoms with Gasteiger partial charge >= 0.3 is 0 Å². The first kappa shape index (κ1) is 8.37. The molecule has 1 rings (SSSR count). The van der Waals surface area contributed by atoms with Gasteiger partial charge in [0.25, 0.3) is 0 Å². The Morgan fingerprint density at radius 1 is 1.55 bits per heavy atom. The van der Waals surface area contributed by atoms with Gasteiger partial charge in [0.05, 0.1) is 0 Å². The molecule has 0 aromatic carbocycles. The molecule has 0 spiro atoms. The summed E-state index contributed by atoms with van der Waals surface area (Å²) in [6, 6.07) is 0. The highest BCUT2D eigenvalue weighted by Gasteiger charge is 2.43. The van der Waals surface area contributed by atoms with E-state index in [0.29, 0.717) is 0 Å². The second kappa shape index (κ2) is 2.72. The lowest BCUT2D eigenvalue weighted by Crippen LogP contribution is -2.34. The molecule has 62 valence electrons. The van der Waals surface area contributed by atoms with Gasteiger partial charge in [0, 0.05) is 12.8 Å². The lowest BCUT2D eigenvalue weighted by Gasteiger charge is -2.32. The van der Waals surface area contributed by atoms with Gasteiger partial charge in [0.1, 0.15) is 0 Å². The highest BCUT2D eigenvalue weighted by atomic mass is 19.3. The van der Waals surface area contributed by atoms with E-state index < -0.39 is 5.92 Å². The lowest BCUT2D eigenvalue weighted by atomic mass is 9.81. The molecule has 1 fully saturated rings. The molecule has 0 aliphatic heterocycles. The fraction of sp³-hybridized carbons (Fsp3) is 0.625. The van der Waals surface area contributed by atoms with Crippen LogP contribution in [0.15, 0.2) is 12.2 Å². The molecule has 0 heterocycles. The zero-order valence-corrected chi connectivity index (χ0v) is 6.31. The standard InChI is InChI=1S/C8H10F2O/c1-6(11)2-3-7-4-8(9,10)5-7/h2-3,7H,4-5H2,1H3/b3-2+. The Morgan fingerprint density at radius 3 is 2.45 bits per heavy atom. The lowest BCUT2D eigenvalue weighted by molar-refractivity contribution is -0.113. The zero-order valence-electron chi connectivity index (χ0n) is 6.31. The maximum absolute atomic E-state index is 12.2. The van der Waals surface area contributed by atoms with Crippen molar-refractivity contribution in [2.24, 2.45) is 5.92 Å². The molecule has 3 heteroatoms. The van der Waals surface area contributed by atoms with Gasteiger partial charge < -0.3 is 0 Å². The largest absolute Gasteiger partial charge is 0.295 e. The van der Waals surface area contributed by atoms with Crippen LogP contribution in [0.3, 0.4) is 0 Å². The molecule has 0 aromatic rings. The average molecular weight is 160 g/mol. The molecular formula is C8H10F2O. The molecule has 1 saturated carbocycles. The Labute approximate surface area is 64.1 Å². The van der Waals surface area contributed by atoms with Gasteiger partial charge in [0.15, 0.2) is 5.78 Å². The van der Waals surface area contributed by atoms with E-state index in [-0.39, 0.29) is 24.5 Å². The molecule has 11 heavy (non-hydrogen) atoms. The zero-order chi connectivity index (χ0) is 8.48. The summed E-state index contributed by atoms with van der Waals surface area (Å²) in [5, 5.41) is 0. The number of rotatable bonds is 2. The van der Waals surface area contributed by atoms with Crippen LogP contribution in [0.1, 0.15) is 19.8 Å². The van der Waals surface area contributed by atoms with Crippen molar-refractivity contribution in [3.05, 3.63) is 12.2 Å². The number of alkyl halides is 2. The van der Waals surface area contributed by atoms with Crippen molar-refractivity contribution in [3.8, 4) is 0 Å². The van der Waals surface area contributed by atoms with Crippen LogP contribution in [0.5, 0.6) is 0 Å². The SMILES string of the molecule is CC(=O)/C=C/C1CC(F)(F)C1. The third kappa shape index (κ3) is 2.41. The topological polar surface area (TPSA) is 17.1 Å². The van der Waals surface area contributed by atoms with E-state index in [0.717, 1.165) is 0 Å². The molecule has 1 aliphatic carbocycles. The van der Waals surface area contributed by atoms with Crippen LogP contribution in [0.2, 0.25) is 0 Å². The fourth-order valence-electron chi connectivity index (χ4n) is 1.12. The fourth-order valence-corrected chi connectivity index (χ4v) is 1.12. The highest BCUT2D eigenvalue weighted by Crippen LogP contribution is 2.42. The smallest absolute Gasteiger partial charge is 0.249 e. The predicted molar refractivity (Wildman–Crippen MR) is 37.5 cm³/mol. The Morgan fingerprint density at radius 2 is 2.09 bits per heavy atom. The average Bonchev–Trinajstić information content (AvgIpc) is 1.78. The molecule has 0 saturated heterocycles. The molecular weight excluding hydrogens is 150 g/mol. The van der Waals surface area contributed by atoms with E-state index in [1.165, 1.54) is 13.0 Å². The molecule has 0 bridgehead atoms. The van der Waals surface area contributed by atoms with Crippen LogP contribution >= 0.6 is 0 Å². The molecule has 1 aliphatic rings. The summed E-state index contributed by atoms with van der Waals surface area (Å²) in [6.07, 6.45) is 2.73. The van der Waals surface area contributed by atoms with Gasteiger partial charge in [-0.1, -0.05) is 6.08 Å². The number of halogens is 2. The van der Waals surface area contributed by atoms with Crippen molar-refractivity contribution in [1.29, 1.82) is 0 Å². The molecule has 0 radical (unpaired) electrons. The molecule has 0 aromatic heterocycles. The maximum Gasteiger partial charge on any atom is 0.249 e. The van der Waals surface area contributed by atoms with Crippen LogP contribution in [-0.2, 0) is 4.79 Å². The van der Waals surface area contributed by atoms with E-state index >= 15 is 0 Å². The van der Waals surface area contributed by atoms with E-state index in [4.69, 9.17) is 0 Å². The minimum absolute atomic E-state index is 0.0831. The summed E-state index contributed by atoms with van der Waals surface area (Å²) in [5.74, 6) is -2.65. The normalized spacial score (nSPS) is 23.5. The first-order chi connectivity index (χ1) is 4.99. The first-order valence-electron chi connectivity index (χ1n) is 3.56. The summed E-state index contributed by atoms with van der Waals surface area (Å²) < 4.78 is 24.4. The van der Waals surface area contributed by atoms with Crippen LogP contribution < -0.4 is 0 Å². The summed E-state index contributed by atoms with van der Waals surface area (Å²) in [4.78, 5) is 10.4. The number of carbonyl (C=O) groups excluding carboxylic acids is 1. The van der Waals surface area contributed by atoms with Gasteiger partial charge in [-0.25, -0.2) is 8.78 Å². The Kier molecular flexibility index (Phi) is 2.07. The van der Waals surface area contributed by atoms with E-state index in [2.05, 4.69) is 0 Å². The number of allylic oxidation sites excluding steroid dienone is 2. The van der Waals surface area contributed by atoms with Gasteiger partial charge in [-0.15, -0.1) is 0 Å². The van der Waals surface area contributed by atoms with Crippen LogP contribution in [0, 0.1) is 5.92 Å². The summed E-state index contributed by atoms with van der Waals surface area (Å²) >= 11 is 0. The molecule has 0 amide bonds. The number of carbonyl (C=O) groups is 1. The predicted octanol–water partition coefficient (Wildman–Crippen LogP) is 2.18. The van der Waals surface area contributed by atoms with Gasteiger partial charge in [-0.2, -0.15) is 0 Å². The summed E-state index contributed by atoms with van der Waals surface area (Å²) in [5.41, 5.74) is 0. The second-order valence-electron chi connectivity index (χ2n) is 2.99. The van der Waals surface area contributed by atoms with E-state index in [1.54, 1.807) is 6.08 Å². The van der Waals surface area contributed by atoms with Crippen molar-refractivity contribution in [2.45, 2.75) is 25.7 Å². The molecule has 1 nitrogen and oxygen atoms in total. The second-order valence-corrected chi connectivity index (χ2v) is 2.99. The Balaban J connectivity index is 2.29. The van der Waals surface area contributed by atoms with Crippen molar-refractivity contribution in [1.82, 2.24) is 0 Å². The number of ketones is 1. The van der Waals surface area contributed by atoms with Gasteiger partial charge in [-0.3, -0.25) is 4.79 Å². The van der Waals surface area contributed by atoms with Crippen molar-refractivity contribution in [2.75, 3.05) is 0 Å². The van der Waals surface area contributed by atoms with Crippen molar-refractivity contribution in [3.63, 3.8) is 0 Å². The van der Waals surface area contributed by atoms with Gasteiger partial charge in [-0.05, 0) is 18.9 Å². The molecule has 0 unspecified atom stereocenters. The van der Waals surface area contributed by atoms with E-state index in [1.807, 2.05) is 0 Å². The quantitative estimate of drug-likeness (QED) is 0.566. The van der Waals surface area contributed by atoms with Gasteiger partial charge in [0.2, 0.25) is 5.92 Å². The monoisotopic (exact) mass is 160 g/mol. The van der Waals surface area contributed by atoms with Crippen LogP contribution in [0.4, 0.5) is 8.78 Å². The van der Waals surface area contributed by atoms with Crippen molar-refractivity contribution < 1.29 is 13.6 Å². The minimum Gasteiger partial charge on any atom is -0.295 e. The third-order valence-electron chi connectivity index (χ3n) is 1.72. The number of hydrogen-bond donors (Lipinski definition) is 0. The third-order valence-corrected chi connectivity index (χ3v) is 1.72.